The van der Waals surface area contributed by atoms with E-state index in [9.17, 15) is 13.2 Å². The van der Waals surface area contributed by atoms with Gasteiger partial charge in [0.1, 0.15) is 11.9 Å². The lowest BCUT2D eigenvalue weighted by molar-refractivity contribution is -0.117. The number of rotatable bonds is 5. The largest absolute Gasteiger partial charge is 0.480 e. The molecular formula is C21H21N5O4S. The van der Waals surface area contributed by atoms with Gasteiger partial charge in [-0.1, -0.05) is 6.07 Å². The first-order chi connectivity index (χ1) is 14.9. The zero-order chi connectivity index (χ0) is 21.6. The fraction of sp³-hybridized carbons (Fsp3) is 0.286. The van der Waals surface area contributed by atoms with Gasteiger partial charge in [0.15, 0.2) is 9.84 Å². The summed E-state index contributed by atoms with van der Waals surface area (Å²) in [4.78, 5) is 19.2. The van der Waals surface area contributed by atoms with E-state index in [0.717, 1.165) is 27.9 Å². The van der Waals surface area contributed by atoms with Crippen molar-refractivity contribution in [1.29, 1.82) is 0 Å². The van der Waals surface area contributed by atoms with Crippen LogP contribution in [0.15, 0.2) is 42.7 Å². The molecule has 5 rings (SSSR count). The van der Waals surface area contributed by atoms with Gasteiger partial charge < -0.3 is 10.1 Å². The number of hydrogen-bond donors (Lipinski definition) is 2. The van der Waals surface area contributed by atoms with Gasteiger partial charge in [0.25, 0.3) is 5.91 Å². The number of anilines is 2. The van der Waals surface area contributed by atoms with E-state index in [0.29, 0.717) is 24.7 Å². The Morgan fingerprint density at radius 3 is 2.81 bits per heavy atom. The number of nitrogens with zero attached hydrogens (tertiary/aromatic N) is 3. The SMILES string of the molecule is COc1nc(N2CCC(Nc3ccc4c(c3)CS(=O)(=O)C4)C2=O)ccc1-c1cn[nH]c1. The third-order valence-electron chi connectivity index (χ3n) is 5.63. The summed E-state index contributed by atoms with van der Waals surface area (Å²) in [5.74, 6) is 0.997. The molecule has 2 N–H and O–H groups in total. The third kappa shape index (κ3) is 3.63. The van der Waals surface area contributed by atoms with Crippen LogP contribution in [0, 0.1) is 0 Å². The average Bonchev–Trinajstić information content (AvgIpc) is 3.46. The summed E-state index contributed by atoms with van der Waals surface area (Å²) in [5.41, 5.74) is 4.01. The highest BCUT2D eigenvalue weighted by Gasteiger charge is 2.34. The van der Waals surface area contributed by atoms with Crippen LogP contribution in [0.5, 0.6) is 5.88 Å². The van der Waals surface area contributed by atoms with E-state index in [-0.39, 0.29) is 17.4 Å². The monoisotopic (exact) mass is 439 g/mol. The molecular weight excluding hydrogens is 418 g/mol. The molecule has 2 aliphatic heterocycles. The zero-order valence-electron chi connectivity index (χ0n) is 16.8. The lowest BCUT2D eigenvalue weighted by Crippen LogP contribution is -2.34. The van der Waals surface area contributed by atoms with Crippen molar-refractivity contribution in [2.45, 2.75) is 24.0 Å². The second kappa shape index (κ2) is 7.38. The van der Waals surface area contributed by atoms with Crippen molar-refractivity contribution in [3.05, 3.63) is 53.9 Å². The quantitative estimate of drug-likeness (QED) is 0.625. The Morgan fingerprint density at radius 1 is 1.19 bits per heavy atom. The molecule has 10 heteroatoms. The molecule has 1 amide bonds. The zero-order valence-corrected chi connectivity index (χ0v) is 17.6. The van der Waals surface area contributed by atoms with Crippen LogP contribution in [-0.4, -0.2) is 49.2 Å². The van der Waals surface area contributed by atoms with Crippen LogP contribution < -0.4 is 15.0 Å². The van der Waals surface area contributed by atoms with Crippen LogP contribution in [0.25, 0.3) is 11.1 Å². The summed E-state index contributed by atoms with van der Waals surface area (Å²) in [7, 11) is -1.52. The highest BCUT2D eigenvalue weighted by molar-refractivity contribution is 7.90. The van der Waals surface area contributed by atoms with E-state index in [1.165, 1.54) is 0 Å². The fourth-order valence-electron chi connectivity index (χ4n) is 4.11. The van der Waals surface area contributed by atoms with E-state index in [2.05, 4.69) is 20.5 Å². The van der Waals surface area contributed by atoms with Gasteiger partial charge in [0, 0.05) is 29.6 Å². The summed E-state index contributed by atoms with van der Waals surface area (Å²) < 4.78 is 29.1. The maximum absolute atomic E-state index is 13.0. The molecule has 160 valence electrons. The minimum atomic E-state index is -3.06. The van der Waals surface area contributed by atoms with Gasteiger partial charge in [0.05, 0.1) is 24.8 Å². The Bertz CT molecular complexity index is 1260. The lowest BCUT2D eigenvalue weighted by Gasteiger charge is -2.18. The van der Waals surface area contributed by atoms with Crippen molar-refractivity contribution >= 4 is 27.2 Å². The number of H-pyrrole nitrogens is 1. The maximum Gasteiger partial charge on any atom is 0.250 e. The number of ether oxygens (including phenoxy) is 1. The summed E-state index contributed by atoms with van der Waals surface area (Å²) in [6, 6.07) is 8.73. The standard InChI is InChI=1S/C21H21N5O4S/c1-30-20-17(15-9-22-23-10-15)4-5-19(25-20)26-7-6-18(21(26)27)24-16-3-2-13-11-31(28,29)12-14(13)8-16/h2-5,8-10,18,24H,6-7,11-12H2,1H3,(H,22,23). The number of carbonyl (C=O) groups excluding carboxylic acids is 1. The molecule has 1 atom stereocenters. The topological polar surface area (TPSA) is 117 Å². The van der Waals surface area contributed by atoms with E-state index < -0.39 is 15.9 Å². The highest BCUT2D eigenvalue weighted by atomic mass is 32.2. The number of methoxy groups -OCH3 is 1. The number of aromatic amines is 1. The second-order valence-electron chi connectivity index (χ2n) is 7.70. The van der Waals surface area contributed by atoms with Crippen molar-refractivity contribution in [3.63, 3.8) is 0 Å². The van der Waals surface area contributed by atoms with Gasteiger partial charge in [-0.3, -0.25) is 14.8 Å². The van der Waals surface area contributed by atoms with Gasteiger partial charge >= 0.3 is 0 Å². The smallest absolute Gasteiger partial charge is 0.250 e. The third-order valence-corrected chi connectivity index (χ3v) is 7.13. The summed E-state index contributed by atoms with van der Waals surface area (Å²) in [6.07, 6.45) is 4.05. The van der Waals surface area contributed by atoms with Crippen LogP contribution in [0.2, 0.25) is 0 Å². The summed E-state index contributed by atoms with van der Waals surface area (Å²) in [5, 5.41) is 9.97. The Morgan fingerprint density at radius 2 is 2.03 bits per heavy atom. The molecule has 0 spiro atoms. The van der Waals surface area contributed by atoms with E-state index in [1.54, 1.807) is 30.5 Å². The number of hydrogen-bond acceptors (Lipinski definition) is 7. The number of carbonyl (C=O) groups is 1. The van der Waals surface area contributed by atoms with Gasteiger partial charge in [0.2, 0.25) is 5.88 Å². The molecule has 4 heterocycles. The molecule has 1 aromatic carbocycles. The molecule has 2 aliphatic rings. The van der Waals surface area contributed by atoms with Crippen molar-refractivity contribution in [3.8, 4) is 17.0 Å². The first-order valence-corrected chi connectivity index (χ1v) is 11.7. The van der Waals surface area contributed by atoms with E-state index >= 15 is 0 Å². The molecule has 2 aromatic heterocycles. The first-order valence-electron chi connectivity index (χ1n) is 9.88. The van der Waals surface area contributed by atoms with Crippen molar-refractivity contribution in [2.75, 3.05) is 23.9 Å². The van der Waals surface area contributed by atoms with Crippen molar-refractivity contribution in [2.24, 2.45) is 0 Å². The Balaban J connectivity index is 1.34. The number of pyridine rings is 1. The summed E-state index contributed by atoms with van der Waals surface area (Å²) in [6.45, 7) is 0.525. The van der Waals surface area contributed by atoms with Crippen LogP contribution in [-0.2, 0) is 26.1 Å². The van der Waals surface area contributed by atoms with Gasteiger partial charge in [-0.2, -0.15) is 10.1 Å². The number of benzene rings is 1. The Kier molecular flexibility index (Phi) is 4.66. The predicted octanol–water partition coefficient (Wildman–Crippen LogP) is 2.13. The second-order valence-corrected chi connectivity index (χ2v) is 9.77. The van der Waals surface area contributed by atoms with Crippen LogP contribution in [0.3, 0.4) is 0 Å². The number of fused-ring (bicyclic) bond motifs is 1. The number of nitrogens with one attached hydrogen (secondary N) is 2. The molecule has 1 fully saturated rings. The maximum atomic E-state index is 13.0. The molecule has 1 saturated heterocycles. The number of aromatic nitrogens is 3. The Hall–Kier alpha value is -3.40. The van der Waals surface area contributed by atoms with Gasteiger partial charge in [-0.05, 0) is 41.8 Å². The molecule has 3 aromatic rings. The van der Waals surface area contributed by atoms with E-state index in [4.69, 9.17) is 4.74 Å². The Labute approximate surface area is 179 Å². The molecule has 0 saturated carbocycles. The van der Waals surface area contributed by atoms with Gasteiger partial charge in [-0.25, -0.2) is 8.42 Å². The molecule has 31 heavy (non-hydrogen) atoms. The molecule has 0 radical (unpaired) electrons. The highest BCUT2D eigenvalue weighted by Crippen LogP contribution is 2.32. The van der Waals surface area contributed by atoms with Crippen LogP contribution in [0.1, 0.15) is 17.5 Å². The average molecular weight is 439 g/mol. The van der Waals surface area contributed by atoms with Crippen molar-refractivity contribution < 1.29 is 17.9 Å². The van der Waals surface area contributed by atoms with Crippen molar-refractivity contribution in [1.82, 2.24) is 15.2 Å². The molecule has 0 bridgehead atoms. The number of amides is 1. The van der Waals surface area contributed by atoms with Gasteiger partial charge in [-0.15, -0.1) is 0 Å². The van der Waals surface area contributed by atoms with Crippen LogP contribution >= 0.6 is 0 Å². The molecule has 9 nitrogen and oxygen atoms in total. The van der Waals surface area contributed by atoms with E-state index in [1.807, 2.05) is 24.3 Å². The normalized spacial score (nSPS) is 19.5. The van der Waals surface area contributed by atoms with Crippen LogP contribution in [0.4, 0.5) is 11.5 Å². The number of sulfone groups is 1. The fourth-order valence-corrected chi connectivity index (χ4v) is 5.71. The minimum Gasteiger partial charge on any atom is -0.480 e. The first kappa shape index (κ1) is 19.6. The minimum absolute atomic E-state index is 0.0509. The summed E-state index contributed by atoms with van der Waals surface area (Å²) >= 11 is 0. The molecule has 0 aliphatic carbocycles. The lowest BCUT2D eigenvalue weighted by atomic mass is 10.1. The molecule has 1 unspecified atom stereocenters. The predicted molar refractivity (Wildman–Crippen MR) is 116 cm³/mol.